The summed E-state index contributed by atoms with van der Waals surface area (Å²) in [6.07, 6.45) is 3.84. The molecule has 0 aliphatic carbocycles. The molecule has 7 nitrogen and oxygen atoms in total. The molecule has 0 aliphatic rings. The van der Waals surface area contributed by atoms with Gasteiger partial charge in [-0.15, -0.1) is 0 Å². The highest BCUT2D eigenvalue weighted by molar-refractivity contribution is 7.92. The zero-order chi connectivity index (χ0) is 27.6. The van der Waals surface area contributed by atoms with E-state index in [0.717, 1.165) is 29.5 Å². The molecule has 0 unspecified atom stereocenters. The van der Waals surface area contributed by atoms with Crippen molar-refractivity contribution < 1.29 is 18.0 Å². The fourth-order valence-corrected chi connectivity index (χ4v) is 5.27. The van der Waals surface area contributed by atoms with Crippen LogP contribution in [0.3, 0.4) is 0 Å². The van der Waals surface area contributed by atoms with E-state index in [2.05, 4.69) is 12.2 Å². The molecule has 0 bridgehead atoms. The van der Waals surface area contributed by atoms with Crippen molar-refractivity contribution in [2.45, 2.75) is 72.4 Å². The predicted octanol–water partition coefficient (Wildman–Crippen LogP) is 5.23. The Kier molecular flexibility index (Phi) is 11.9. The second-order valence-electron chi connectivity index (χ2n) is 9.39. The van der Waals surface area contributed by atoms with Gasteiger partial charge in [0.1, 0.15) is 6.04 Å². The molecule has 0 aliphatic heterocycles. The average Bonchev–Trinajstić information content (AvgIpc) is 2.84. The quantitative estimate of drug-likeness (QED) is 0.327. The van der Waals surface area contributed by atoms with Crippen LogP contribution in [0.15, 0.2) is 42.5 Å². The monoisotopic (exact) mass is 549 g/mol. The van der Waals surface area contributed by atoms with Crippen LogP contribution in [-0.4, -0.2) is 50.5 Å². The first kappa shape index (κ1) is 30.6. The Morgan fingerprint density at radius 1 is 1.03 bits per heavy atom. The molecule has 0 aromatic heterocycles. The standard InChI is InChI=1S/C28H40ClN3O4S/c1-6-8-17-30-28(34)26(7-2)31(20-23-12-9-10-13-25(23)29)27(33)14-11-18-32(37(5,35)36)24-16-15-21(3)22(4)19-24/h9-10,12-13,15-16,19,26H,6-8,11,14,17-18,20H2,1-5H3,(H,30,34)/t26-/m0/s1. The number of aryl methyl sites for hydroxylation is 2. The summed E-state index contributed by atoms with van der Waals surface area (Å²) in [4.78, 5) is 28.1. The van der Waals surface area contributed by atoms with Crippen LogP contribution in [0.4, 0.5) is 5.69 Å². The van der Waals surface area contributed by atoms with E-state index < -0.39 is 16.1 Å². The van der Waals surface area contributed by atoms with Crippen molar-refractivity contribution in [2.24, 2.45) is 0 Å². The molecule has 1 N–H and O–H groups in total. The third-order valence-corrected chi connectivity index (χ3v) is 8.01. The van der Waals surface area contributed by atoms with E-state index >= 15 is 0 Å². The summed E-state index contributed by atoms with van der Waals surface area (Å²) in [5.41, 5.74) is 3.40. The number of anilines is 1. The number of rotatable bonds is 14. The zero-order valence-corrected chi connectivity index (χ0v) is 24.2. The van der Waals surface area contributed by atoms with Crippen molar-refractivity contribution in [3.63, 3.8) is 0 Å². The van der Waals surface area contributed by atoms with Crippen LogP contribution in [0.2, 0.25) is 5.02 Å². The van der Waals surface area contributed by atoms with Crippen molar-refractivity contribution in [3.8, 4) is 0 Å². The molecule has 9 heteroatoms. The SMILES string of the molecule is CCCCNC(=O)[C@H](CC)N(Cc1ccccc1Cl)C(=O)CCCN(c1ccc(C)c(C)c1)S(C)(=O)=O. The van der Waals surface area contributed by atoms with E-state index in [9.17, 15) is 18.0 Å². The summed E-state index contributed by atoms with van der Waals surface area (Å²) >= 11 is 6.38. The fraction of sp³-hybridized carbons (Fsp3) is 0.500. The number of nitrogens with one attached hydrogen (secondary N) is 1. The lowest BCUT2D eigenvalue weighted by molar-refractivity contribution is -0.141. The van der Waals surface area contributed by atoms with Crippen LogP contribution in [0.25, 0.3) is 0 Å². The Labute approximate surface area is 227 Å². The third-order valence-electron chi connectivity index (χ3n) is 6.44. The number of nitrogens with zero attached hydrogens (tertiary/aromatic N) is 2. The molecule has 2 rings (SSSR count). The van der Waals surface area contributed by atoms with Crippen LogP contribution < -0.4 is 9.62 Å². The van der Waals surface area contributed by atoms with Crippen molar-refractivity contribution in [1.82, 2.24) is 10.2 Å². The summed E-state index contributed by atoms with van der Waals surface area (Å²) in [6.45, 7) is 8.75. The molecule has 0 spiro atoms. The topological polar surface area (TPSA) is 86.8 Å². The minimum absolute atomic E-state index is 0.0973. The molecule has 0 heterocycles. The number of hydrogen-bond acceptors (Lipinski definition) is 4. The number of carbonyl (C=O) groups excluding carboxylic acids is 2. The third kappa shape index (κ3) is 9.04. The highest BCUT2D eigenvalue weighted by atomic mass is 35.5. The van der Waals surface area contributed by atoms with Crippen molar-refractivity contribution in [1.29, 1.82) is 0 Å². The smallest absolute Gasteiger partial charge is 0.242 e. The number of carbonyl (C=O) groups is 2. The number of sulfonamides is 1. The van der Waals surface area contributed by atoms with E-state index in [1.165, 1.54) is 10.6 Å². The van der Waals surface area contributed by atoms with Gasteiger partial charge in [-0.05, 0) is 68.0 Å². The Balaban J connectivity index is 2.22. The summed E-state index contributed by atoms with van der Waals surface area (Å²) in [5, 5.41) is 3.47. The van der Waals surface area contributed by atoms with Gasteiger partial charge in [-0.25, -0.2) is 8.42 Å². The van der Waals surface area contributed by atoms with Gasteiger partial charge in [-0.2, -0.15) is 0 Å². The molecule has 2 aromatic carbocycles. The molecule has 1 atom stereocenters. The van der Waals surface area contributed by atoms with Gasteiger partial charge >= 0.3 is 0 Å². The highest BCUT2D eigenvalue weighted by Gasteiger charge is 2.29. The maximum atomic E-state index is 13.5. The average molecular weight is 550 g/mol. The van der Waals surface area contributed by atoms with Gasteiger partial charge in [0.05, 0.1) is 11.9 Å². The second kappa shape index (κ2) is 14.4. The molecule has 2 aromatic rings. The van der Waals surface area contributed by atoms with Gasteiger partial charge in [0.2, 0.25) is 21.8 Å². The lowest BCUT2D eigenvalue weighted by Gasteiger charge is -2.31. The molecular weight excluding hydrogens is 510 g/mol. The van der Waals surface area contributed by atoms with Crippen molar-refractivity contribution >= 4 is 39.1 Å². The summed E-state index contributed by atoms with van der Waals surface area (Å²) in [6, 6.07) is 12.1. The summed E-state index contributed by atoms with van der Waals surface area (Å²) in [7, 11) is -3.54. The van der Waals surface area contributed by atoms with Crippen LogP contribution in [0.1, 0.15) is 62.6 Å². The molecule has 0 saturated heterocycles. The fourth-order valence-electron chi connectivity index (χ4n) is 4.12. The second-order valence-corrected chi connectivity index (χ2v) is 11.7. The van der Waals surface area contributed by atoms with Crippen LogP contribution >= 0.6 is 11.6 Å². The number of unbranched alkanes of at least 4 members (excludes halogenated alkanes) is 1. The highest BCUT2D eigenvalue weighted by Crippen LogP contribution is 2.23. The van der Waals surface area contributed by atoms with E-state index in [1.807, 2.05) is 51.1 Å². The lowest BCUT2D eigenvalue weighted by atomic mass is 10.1. The van der Waals surface area contributed by atoms with Gasteiger partial charge in [0.15, 0.2) is 0 Å². The molecule has 204 valence electrons. The van der Waals surface area contributed by atoms with Crippen LogP contribution in [-0.2, 0) is 26.2 Å². The van der Waals surface area contributed by atoms with E-state index in [4.69, 9.17) is 11.6 Å². The first-order valence-corrected chi connectivity index (χ1v) is 15.1. The van der Waals surface area contributed by atoms with Gasteiger partial charge in [-0.3, -0.25) is 13.9 Å². The minimum atomic E-state index is -3.54. The Bertz CT molecular complexity index is 1170. The maximum absolute atomic E-state index is 13.5. The van der Waals surface area contributed by atoms with E-state index in [-0.39, 0.29) is 31.3 Å². The number of hydrogen-bond donors (Lipinski definition) is 1. The molecule has 0 radical (unpaired) electrons. The molecule has 0 saturated carbocycles. The van der Waals surface area contributed by atoms with Gasteiger partial charge < -0.3 is 10.2 Å². The molecule has 0 fully saturated rings. The van der Waals surface area contributed by atoms with Gasteiger partial charge in [-0.1, -0.05) is 56.1 Å². The maximum Gasteiger partial charge on any atom is 0.242 e. The Hall–Kier alpha value is -2.58. The number of amides is 2. The van der Waals surface area contributed by atoms with Crippen molar-refractivity contribution in [2.75, 3.05) is 23.7 Å². The van der Waals surface area contributed by atoms with E-state index in [1.54, 1.807) is 17.0 Å². The van der Waals surface area contributed by atoms with Crippen LogP contribution in [0, 0.1) is 13.8 Å². The molecule has 37 heavy (non-hydrogen) atoms. The first-order chi connectivity index (χ1) is 17.5. The molecular formula is C28H40ClN3O4S. The predicted molar refractivity (Wildman–Crippen MR) is 151 cm³/mol. The molecule has 2 amide bonds. The summed E-state index contributed by atoms with van der Waals surface area (Å²) in [5.74, 6) is -0.407. The van der Waals surface area contributed by atoms with E-state index in [0.29, 0.717) is 30.1 Å². The summed E-state index contributed by atoms with van der Waals surface area (Å²) < 4.78 is 26.4. The zero-order valence-electron chi connectivity index (χ0n) is 22.6. The van der Waals surface area contributed by atoms with Gasteiger partial charge in [0, 0.05) is 31.1 Å². The minimum Gasteiger partial charge on any atom is -0.354 e. The largest absolute Gasteiger partial charge is 0.354 e. The lowest BCUT2D eigenvalue weighted by Crippen LogP contribution is -2.49. The Morgan fingerprint density at radius 2 is 1.73 bits per heavy atom. The Morgan fingerprint density at radius 3 is 2.32 bits per heavy atom. The van der Waals surface area contributed by atoms with Crippen LogP contribution in [0.5, 0.6) is 0 Å². The first-order valence-electron chi connectivity index (χ1n) is 12.8. The number of benzene rings is 2. The van der Waals surface area contributed by atoms with Gasteiger partial charge in [0.25, 0.3) is 0 Å². The normalized spacial score (nSPS) is 12.2. The van der Waals surface area contributed by atoms with Crippen molar-refractivity contribution in [3.05, 3.63) is 64.2 Å². The number of halogens is 1.